The van der Waals surface area contributed by atoms with E-state index in [0.717, 1.165) is 12.5 Å². The van der Waals surface area contributed by atoms with E-state index in [-0.39, 0.29) is 30.4 Å². The third-order valence-electron chi connectivity index (χ3n) is 4.50. The number of carbonyl (C=O) groups is 1. The van der Waals surface area contributed by atoms with Crippen molar-refractivity contribution >= 4 is 15.7 Å². The van der Waals surface area contributed by atoms with Crippen LogP contribution in [0.4, 0.5) is 8.78 Å². The average Bonchev–Trinajstić information content (AvgIpc) is 2.97. The van der Waals surface area contributed by atoms with E-state index >= 15 is 0 Å². The van der Waals surface area contributed by atoms with Gasteiger partial charge < -0.3 is 4.90 Å². The summed E-state index contributed by atoms with van der Waals surface area (Å²) < 4.78 is 50.4. The lowest BCUT2D eigenvalue weighted by Gasteiger charge is -2.29. The quantitative estimate of drug-likeness (QED) is 0.823. The molecule has 0 saturated heterocycles. The largest absolute Gasteiger partial charge is 0.341 e. The van der Waals surface area contributed by atoms with Crippen molar-refractivity contribution < 1.29 is 22.0 Å². The van der Waals surface area contributed by atoms with E-state index in [0.29, 0.717) is 12.8 Å². The monoisotopic (exact) mass is 345 g/mol. The van der Waals surface area contributed by atoms with Gasteiger partial charge in [0.05, 0.1) is 5.25 Å². The van der Waals surface area contributed by atoms with Gasteiger partial charge in [0.25, 0.3) is 0 Å². The summed E-state index contributed by atoms with van der Waals surface area (Å²) in [5, 5.41) is -0.539. The van der Waals surface area contributed by atoms with E-state index in [2.05, 4.69) is 0 Å². The van der Waals surface area contributed by atoms with Crippen molar-refractivity contribution in [3.8, 4) is 0 Å². The SMILES string of the molecule is CN(C(=O)CCc1cccc(F)c1F)[C@@H]1CCC[C@H]1S(C)(=O)=O. The van der Waals surface area contributed by atoms with Crippen LogP contribution in [0.25, 0.3) is 0 Å². The number of hydrogen-bond donors (Lipinski definition) is 0. The minimum absolute atomic E-state index is 0.0177. The Hall–Kier alpha value is -1.50. The Morgan fingerprint density at radius 3 is 2.65 bits per heavy atom. The van der Waals surface area contributed by atoms with Gasteiger partial charge in [-0.1, -0.05) is 12.1 Å². The fraction of sp³-hybridized carbons (Fsp3) is 0.562. The molecule has 1 aliphatic rings. The van der Waals surface area contributed by atoms with Crippen LogP contribution in [0.1, 0.15) is 31.2 Å². The van der Waals surface area contributed by atoms with Gasteiger partial charge in [-0.2, -0.15) is 0 Å². The summed E-state index contributed by atoms with van der Waals surface area (Å²) in [5.41, 5.74) is 0.151. The summed E-state index contributed by atoms with van der Waals surface area (Å²) >= 11 is 0. The first-order valence-electron chi connectivity index (χ1n) is 7.59. The molecule has 0 unspecified atom stereocenters. The number of amides is 1. The molecular weight excluding hydrogens is 324 g/mol. The summed E-state index contributed by atoms with van der Waals surface area (Å²) in [6.45, 7) is 0. The molecule has 0 heterocycles. The van der Waals surface area contributed by atoms with Gasteiger partial charge in [-0.3, -0.25) is 4.79 Å². The van der Waals surface area contributed by atoms with Crippen molar-refractivity contribution in [1.82, 2.24) is 4.90 Å². The van der Waals surface area contributed by atoms with Crippen LogP contribution in [0, 0.1) is 11.6 Å². The Balaban J connectivity index is 2.01. The molecular formula is C16H21F2NO3S. The highest BCUT2D eigenvalue weighted by Gasteiger charge is 2.38. The molecule has 4 nitrogen and oxygen atoms in total. The van der Waals surface area contributed by atoms with E-state index < -0.39 is 26.7 Å². The van der Waals surface area contributed by atoms with E-state index in [1.807, 2.05) is 0 Å². The van der Waals surface area contributed by atoms with Crippen LogP contribution < -0.4 is 0 Å². The van der Waals surface area contributed by atoms with Gasteiger partial charge >= 0.3 is 0 Å². The first-order valence-corrected chi connectivity index (χ1v) is 9.54. The predicted octanol–water partition coefficient (Wildman–Crippen LogP) is 2.32. The van der Waals surface area contributed by atoms with Crippen LogP contribution in [0.5, 0.6) is 0 Å². The molecule has 0 bridgehead atoms. The maximum Gasteiger partial charge on any atom is 0.222 e. The second-order valence-corrected chi connectivity index (χ2v) is 8.35. The fourth-order valence-corrected chi connectivity index (χ4v) is 4.68. The molecule has 128 valence electrons. The van der Waals surface area contributed by atoms with Crippen LogP contribution in [0.15, 0.2) is 18.2 Å². The molecule has 23 heavy (non-hydrogen) atoms. The average molecular weight is 345 g/mol. The molecule has 0 spiro atoms. The number of nitrogens with zero attached hydrogens (tertiary/aromatic N) is 1. The van der Waals surface area contributed by atoms with E-state index in [1.54, 1.807) is 7.05 Å². The molecule has 0 radical (unpaired) electrons. The summed E-state index contributed by atoms with van der Waals surface area (Å²) in [4.78, 5) is 13.7. The van der Waals surface area contributed by atoms with Crippen LogP contribution in [-0.2, 0) is 21.1 Å². The second-order valence-electron chi connectivity index (χ2n) is 6.08. The van der Waals surface area contributed by atoms with Gasteiger partial charge in [0.2, 0.25) is 5.91 Å². The highest BCUT2D eigenvalue weighted by atomic mass is 32.2. The van der Waals surface area contributed by atoms with Crippen LogP contribution in [0.2, 0.25) is 0 Å². The van der Waals surface area contributed by atoms with Crippen LogP contribution >= 0.6 is 0 Å². The summed E-state index contributed by atoms with van der Waals surface area (Å²) in [6.07, 6.45) is 3.26. The normalized spacial score (nSPS) is 21.4. The minimum Gasteiger partial charge on any atom is -0.341 e. The molecule has 1 aromatic carbocycles. The van der Waals surface area contributed by atoms with Crippen molar-refractivity contribution in [3.05, 3.63) is 35.4 Å². The van der Waals surface area contributed by atoms with Gasteiger partial charge in [0, 0.05) is 25.8 Å². The smallest absolute Gasteiger partial charge is 0.222 e. The molecule has 0 aromatic heterocycles. The number of aryl methyl sites for hydroxylation is 1. The third-order valence-corrected chi connectivity index (χ3v) is 6.15. The Kier molecular flexibility index (Phi) is 5.39. The second kappa shape index (κ2) is 6.95. The Morgan fingerprint density at radius 1 is 1.30 bits per heavy atom. The van der Waals surface area contributed by atoms with Gasteiger partial charge in [0.15, 0.2) is 21.5 Å². The van der Waals surface area contributed by atoms with Crippen molar-refractivity contribution in [3.63, 3.8) is 0 Å². The van der Waals surface area contributed by atoms with Gasteiger partial charge in [0.1, 0.15) is 0 Å². The van der Waals surface area contributed by atoms with Crippen molar-refractivity contribution in [2.75, 3.05) is 13.3 Å². The number of sulfone groups is 1. The lowest BCUT2D eigenvalue weighted by Crippen LogP contribution is -2.44. The Labute approximate surface area is 135 Å². The van der Waals surface area contributed by atoms with E-state index in [4.69, 9.17) is 0 Å². The molecule has 1 amide bonds. The first-order chi connectivity index (χ1) is 10.7. The number of benzene rings is 1. The zero-order valence-electron chi connectivity index (χ0n) is 13.3. The van der Waals surface area contributed by atoms with Crippen LogP contribution in [0.3, 0.4) is 0 Å². The van der Waals surface area contributed by atoms with Crippen molar-refractivity contribution in [2.45, 2.75) is 43.4 Å². The number of hydrogen-bond acceptors (Lipinski definition) is 3. The molecule has 2 atom stereocenters. The molecule has 7 heteroatoms. The molecule has 0 aliphatic heterocycles. The predicted molar refractivity (Wildman–Crippen MR) is 83.7 cm³/mol. The Morgan fingerprint density at radius 2 is 2.00 bits per heavy atom. The molecule has 1 aromatic rings. The maximum atomic E-state index is 13.6. The molecule has 1 fully saturated rings. The van der Waals surface area contributed by atoms with Crippen LogP contribution in [-0.4, -0.2) is 43.8 Å². The lowest BCUT2D eigenvalue weighted by atomic mass is 10.1. The summed E-state index contributed by atoms with van der Waals surface area (Å²) in [5.74, 6) is -2.12. The number of halogens is 2. The maximum absolute atomic E-state index is 13.6. The molecule has 1 aliphatic carbocycles. The summed E-state index contributed by atoms with van der Waals surface area (Å²) in [6, 6.07) is 3.54. The molecule has 2 rings (SSSR count). The van der Waals surface area contributed by atoms with Gasteiger partial charge in [-0.15, -0.1) is 0 Å². The first kappa shape index (κ1) is 17.8. The molecule has 1 saturated carbocycles. The highest BCUT2D eigenvalue weighted by molar-refractivity contribution is 7.91. The lowest BCUT2D eigenvalue weighted by molar-refractivity contribution is -0.131. The fourth-order valence-electron chi connectivity index (χ4n) is 3.19. The van der Waals surface area contributed by atoms with Crippen molar-refractivity contribution in [2.24, 2.45) is 0 Å². The third kappa shape index (κ3) is 4.07. The van der Waals surface area contributed by atoms with Crippen molar-refractivity contribution in [1.29, 1.82) is 0 Å². The minimum atomic E-state index is -3.21. The van der Waals surface area contributed by atoms with Gasteiger partial charge in [-0.05, 0) is 37.3 Å². The highest BCUT2D eigenvalue weighted by Crippen LogP contribution is 2.29. The topological polar surface area (TPSA) is 54.5 Å². The number of carbonyl (C=O) groups excluding carboxylic acids is 1. The zero-order valence-corrected chi connectivity index (χ0v) is 14.1. The number of rotatable bonds is 5. The zero-order chi connectivity index (χ0) is 17.2. The van der Waals surface area contributed by atoms with E-state index in [1.165, 1.54) is 23.3 Å². The van der Waals surface area contributed by atoms with Gasteiger partial charge in [-0.25, -0.2) is 17.2 Å². The summed E-state index contributed by atoms with van der Waals surface area (Å²) in [7, 11) is -1.63. The van der Waals surface area contributed by atoms with E-state index in [9.17, 15) is 22.0 Å². The standard InChI is InChI=1S/C16H21F2NO3S/c1-19(13-7-4-8-14(13)23(2,21)22)15(20)10-9-11-5-3-6-12(17)16(11)18/h3,5-6,13-14H,4,7-10H2,1-2H3/t13-,14-/m1/s1. The molecule has 0 N–H and O–H groups in total. The Bertz CT molecular complexity index is 691.